The molecule has 3 aromatic rings. The first kappa shape index (κ1) is 22.2. The number of aliphatic imine (C=N–C) groups is 1. The average molecular weight is 422 g/mol. The van der Waals surface area contributed by atoms with Crippen molar-refractivity contribution in [3.8, 4) is 11.5 Å². The van der Waals surface area contributed by atoms with Gasteiger partial charge in [0.1, 0.15) is 17.3 Å². The summed E-state index contributed by atoms with van der Waals surface area (Å²) in [5, 5.41) is 3.45. The Kier molecular flexibility index (Phi) is 7.54. The van der Waals surface area contributed by atoms with Crippen LogP contribution in [-0.4, -0.2) is 48.7 Å². The van der Waals surface area contributed by atoms with Crippen molar-refractivity contribution < 1.29 is 9.47 Å². The minimum absolute atomic E-state index is 0.660. The van der Waals surface area contributed by atoms with Crippen LogP contribution in [0.15, 0.2) is 59.9 Å². The lowest BCUT2D eigenvalue weighted by Crippen LogP contribution is -2.38. The summed E-state index contributed by atoms with van der Waals surface area (Å²) in [4.78, 5) is 10.8. The van der Waals surface area contributed by atoms with Crippen LogP contribution in [0, 0.1) is 6.92 Å². The van der Waals surface area contributed by atoms with Gasteiger partial charge in [0.15, 0.2) is 5.96 Å². The van der Waals surface area contributed by atoms with Crippen LogP contribution in [0.4, 0.5) is 0 Å². The minimum atomic E-state index is 0.660. The molecule has 0 spiro atoms. The van der Waals surface area contributed by atoms with Gasteiger partial charge in [-0.15, -0.1) is 0 Å². The SMILES string of the molecule is CN=C(NCc1cccc(Cn2ccnc2C)c1)N(C)Cc1ccc(OC)cc1OC. The molecule has 0 fully saturated rings. The third-order valence-corrected chi connectivity index (χ3v) is 5.19. The maximum absolute atomic E-state index is 5.52. The van der Waals surface area contributed by atoms with Gasteiger partial charge in [-0.25, -0.2) is 4.98 Å². The third-order valence-electron chi connectivity index (χ3n) is 5.19. The second-order valence-corrected chi connectivity index (χ2v) is 7.36. The third kappa shape index (κ3) is 5.78. The molecule has 0 aliphatic rings. The summed E-state index contributed by atoms with van der Waals surface area (Å²) in [5.74, 6) is 3.40. The lowest BCUT2D eigenvalue weighted by Gasteiger charge is -2.23. The zero-order valence-electron chi connectivity index (χ0n) is 18.9. The predicted molar refractivity (Wildman–Crippen MR) is 124 cm³/mol. The Morgan fingerprint density at radius 2 is 1.94 bits per heavy atom. The molecule has 0 atom stereocenters. The van der Waals surface area contributed by atoms with Crippen molar-refractivity contribution in [1.82, 2.24) is 19.8 Å². The van der Waals surface area contributed by atoms with Gasteiger partial charge in [-0.1, -0.05) is 24.3 Å². The molecule has 0 unspecified atom stereocenters. The van der Waals surface area contributed by atoms with Crippen molar-refractivity contribution in [3.63, 3.8) is 0 Å². The Bertz CT molecular complexity index is 1030. The van der Waals surface area contributed by atoms with E-state index in [4.69, 9.17) is 9.47 Å². The highest BCUT2D eigenvalue weighted by Crippen LogP contribution is 2.25. The molecular weight excluding hydrogens is 390 g/mol. The molecule has 31 heavy (non-hydrogen) atoms. The number of hydrogen-bond acceptors (Lipinski definition) is 4. The molecule has 0 saturated heterocycles. The highest BCUT2D eigenvalue weighted by Gasteiger charge is 2.11. The molecule has 7 heteroatoms. The smallest absolute Gasteiger partial charge is 0.193 e. The van der Waals surface area contributed by atoms with E-state index in [2.05, 4.69) is 49.0 Å². The standard InChI is InChI=1S/C24H31N5O2/c1-18-26-11-12-29(18)16-20-8-6-7-19(13-20)15-27-24(25-2)28(3)17-21-9-10-22(30-4)14-23(21)31-5/h6-14H,15-17H2,1-5H3,(H,25,27). The number of guanidine groups is 1. The molecular formula is C24H31N5O2. The van der Waals surface area contributed by atoms with Gasteiger partial charge in [-0.3, -0.25) is 4.99 Å². The maximum atomic E-state index is 5.52. The largest absolute Gasteiger partial charge is 0.497 e. The van der Waals surface area contributed by atoms with Crippen molar-refractivity contribution in [1.29, 1.82) is 0 Å². The first-order chi connectivity index (χ1) is 15.0. The van der Waals surface area contributed by atoms with Crippen LogP contribution >= 0.6 is 0 Å². The number of methoxy groups -OCH3 is 2. The van der Waals surface area contributed by atoms with Gasteiger partial charge in [-0.05, 0) is 30.2 Å². The van der Waals surface area contributed by atoms with Gasteiger partial charge in [-0.2, -0.15) is 0 Å². The molecule has 0 amide bonds. The zero-order chi connectivity index (χ0) is 22.2. The molecule has 3 rings (SSSR count). The fourth-order valence-corrected chi connectivity index (χ4v) is 3.48. The fourth-order valence-electron chi connectivity index (χ4n) is 3.48. The van der Waals surface area contributed by atoms with Crippen LogP contribution in [-0.2, 0) is 19.6 Å². The number of aromatic nitrogens is 2. The normalized spacial score (nSPS) is 11.3. The van der Waals surface area contributed by atoms with Gasteiger partial charge >= 0.3 is 0 Å². The van der Waals surface area contributed by atoms with Crippen LogP contribution < -0.4 is 14.8 Å². The number of rotatable bonds is 8. The second-order valence-electron chi connectivity index (χ2n) is 7.36. The van der Waals surface area contributed by atoms with E-state index in [1.807, 2.05) is 44.6 Å². The summed E-state index contributed by atoms with van der Waals surface area (Å²) in [6.07, 6.45) is 3.84. The fraction of sp³-hybridized carbons (Fsp3) is 0.333. The van der Waals surface area contributed by atoms with Crippen molar-refractivity contribution in [3.05, 3.63) is 77.4 Å². The molecule has 0 radical (unpaired) electrons. The van der Waals surface area contributed by atoms with E-state index in [0.717, 1.165) is 35.4 Å². The highest BCUT2D eigenvalue weighted by atomic mass is 16.5. The summed E-state index contributed by atoms with van der Waals surface area (Å²) < 4.78 is 13.0. The molecule has 1 N–H and O–H groups in total. The lowest BCUT2D eigenvalue weighted by molar-refractivity contribution is 0.382. The Morgan fingerprint density at radius 1 is 1.13 bits per heavy atom. The zero-order valence-corrected chi connectivity index (χ0v) is 18.9. The number of nitrogens with zero attached hydrogens (tertiary/aromatic N) is 4. The van der Waals surface area contributed by atoms with E-state index < -0.39 is 0 Å². The van der Waals surface area contributed by atoms with E-state index in [1.165, 1.54) is 11.1 Å². The van der Waals surface area contributed by atoms with Crippen molar-refractivity contribution >= 4 is 5.96 Å². The molecule has 0 bridgehead atoms. The van der Waals surface area contributed by atoms with E-state index >= 15 is 0 Å². The summed E-state index contributed by atoms with van der Waals surface area (Å²) in [6.45, 7) is 4.18. The van der Waals surface area contributed by atoms with E-state index in [1.54, 1.807) is 21.3 Å². The molecule has 2 aromatic carbocycles. The number of aryl methyl sites for hydroxylation is 1. The van der Waals surface area contributed by atoms with Crippen molar-refractivity contribution in [2.24, 2.45) is 4.99 Å². The summed E-state index contributed by atoms with van der Waals surface area (Å²) in [5.41, 5.74) is 3.50. The van der Waals surface area contributed by atoms with Crippen LogP contribution in [0.2, 0.25) is 0 Å². The average Bonchev–Trinajstić information content (AvgIpc) is 3.19. The molecule has 164 valence electrons. The van der Waals surface area contributed by atoms with Crippen molar-refractivity contribution in [2.45, 2.75) is 26.6 Å². The monoisotopic (exact) mass is 421 g/mol. The molecule has 0 aliphatic heterocycles. The van der Waals surface area contributed by atoms with Gasteiger partial charge in [0, 0.05) is 57.8 Å². The Balaban J connectivity index is 1.63. The quantitative estimate of drug-likeness (QED) is 0.446. The minimum Gasteiger partial charge on any atom is -0.497 e. The Labute approximate surface area is 184 Å². The van der Waals surface area contributed by atoms with Crippen molar-refractivity contribution in [2.75, 3.05) is 28.3 Å². The van der Waals surface area contributed by atoms with E-state index in [9.17, 15) is 0 Å². The van der Waals surface area contributed by atoms with Crippen LogP contribution in [0.1, 0.15) is 22.5 Å². The number of hydrogen-bond donors (Lipinski definition) is 1. The van der Waals surface area contributed by atoms with Crippen LogP contribution in [0.3, 0.4) is 0 Å². The molecule has 0 saturated carbocycles. The highest BCUT2D eigenvalue weighted by molar-refractivity contribution is 5.79. The van der Waals surface area contributed by atoms with E-state index in [-0.39, 0.29) is 0 Å². The Hall–Kier alpha value is -3.48. The van der Waals surface area contributed by atoms with Crippen LogP contribution in [0.5, 0.6) is 11.5 Å². The molecule has 0 aliphatic carbocycles. The predicted octanol–water partition coefficient (Wildman–Crippen LogP) is 3.46. The molecule has 1 aromatic heterocycles. The second kappa shape index (κ2) is 10.5. The maximum Gasteiger partial charge on any atom is 0.193 e. The number of nitrogens with one attached hydrogen (secondary N) is 1. The summed E-state index contributed by atoms with van der Waals surface area (Å²) in [6, 6.07) is 14.4. The van der Waals surface area contributed by atoms with Gasteiger partial charge in [0.25, 0.3) is 0 Å². The number of benzene rings is 2. The first-order valence-corrected chi connectivity index (χ1v) is 10.2. The topological polar surface area (TPSA) is 63.9 Å². The van der Waals surface area contributed by atoms with Gasteiger partial charge in [0.05, 0.1) is 14.2 Å². The number of imidazole rings is 1. The lowest BCUT2D eigenvalue weighted by atomic mass is 10.1. The molecule has 1 heterocycles. The van der Waals surface area contributed by atoms with E-state index in [0.29, 0.717) is 13.1 Å². The van der Waals surface area contributed by atoms with Gasteiger partial charge < -0.3 is 24.3 Å². The van der Waals surface area contributed by atoms with Crippen LogP contribution in [0.25, 0.3) is 0 Å². The summed E-state index contributed by atoms with van der Waals surface area (Å²) >= 11 is 0. The first-order valence-electron chi connectivity index (χ1n) is 10.2. The molecule has 7 nitrogen and oxygen atoms in total. The Morgan fingerprint density at radius 3 is 2.61 bits per heavy atom. The summed E-state index contributed by atoms with van der Waals surface area (Å²) in [7, 11) is 7.13. The number of ether oxygens (including phenoxy) is 2. The van der Waals surface area contributed by atoms with Gasteiger partial charge in [0.2, 0.25) is 0 Å².